The predicted molar refractivity (Wildman–Crippen MR) is 126 cm³/mol. The molecule has 1 aliphatic rings. The first-order valence-electron chi connectivity index (χ1n) is 10.1. The molecule has 1 fully saturated rings. The molecule has 0 aliphatic carbocycles. The van der Waals surface area contributed by atoms with Crippen molar-refractivity contribution in [1.29, 1.82) is 5.41 Å². The van der Waals surface area contributed by atoms with Crippen LogP contribution in [0.15, 0.2) is 58.8 Å². The number of nitrogens with one attached hydrogen (secondary N) is 1. The van der Waals surface area contributed by atoms with Crippen molar-refractivity contribution in [2.24, 2.45) is 10.7 Å². The average Bonchev–Trinajstić information content (AvgIpc) is 2.77. The van der Waals surface area contributed by atoms with E-state index in [0.29, 0.717) is 22.5 Å². The van der Waals surface area contributed by atoms with E-state index in [1.54, 1.807) is 12.4 Å². The Morgan fingerprint density at radius 2 is 2.23 bits per heavy atom. The monoisotopic (exact) mass is 485 g/mol. The third-order valence-corrected chi connectivity index (χ3v) is 5.87. The molecule has 3 heterocycles. The van der Waals surface area contributed by atoms with Crippen molar-refractivity contribution in [2.75, 3.05) is 24.5 Å². The van der Waals surface area contributed by atoms with Crippen LogP contribution in [0.25, 0.3) is 0 Å². The largest absolute Gasteiger partial charge is 0.404 e. The standard InChI is InChI=1S/C21H28BrN9/c1-4-25-20-12-27-17(22)13-30(20)14-18-26-7-6-19(28-18)31-9-8-29(5-2)21(15(31)3)16(10-23)11-24/h4,6-7,10-13,15,21,23H,1,5,8-9,14,24H2,2-3H3/b16-11+,23-10?,25-20-. The Morgan fingerprint density at radius 3 is 2.90 bits per heavy atom. The van der Waals surface area contributed by atoms with Crippen molar-refractivity contribution in [3.05, 3.63) is 65.1 Å². The number of nitrogens with zero attached hydrogens (tertiary/aromatic N) is 7. The zero-order chi connectivity index (χ0) is 22.4. The number of hydrogen-bond donors (Lipinski definition) is 2. The van der Waals surface area contributed by atoms with Gasteiger partial charge in [-0.25, -0.2) is 19.9 Å². The molecule has 1 aliphatic heterocycles. The lowest BCUT2D eigenvalue weighted by Gasteiger charge is -2.47. The molecule has 31 heavy (non-hydrogen) atoms. The minimum Gasteiger partial charge on any atom is -0.404 e. The third kappa shape index (κ3) is 5.08. The van der Waals surface area contributed by atoms with Gasteiger partial charge in [0, 0.05) is 55.7 Å². The summed E-state index contributed by atoms with van der Waals surface area (Å²) >= 11 is 3.40. The number of halogens is 1. The molecule has 2 unspecified atom stereocenters. The van der Waals surface area contributed by atoms with E-state index in [1.807, 2.05) is 16.8 Å². The van der Waals surface area contributed by atoms with E-state index in [-0.39, 0.29) is 12.1 Å². The Kier molecular flexibility index (Phi) is 7.69. The third-order valence-electron chi connectivity index (χ3n) is 5.46. The zero-order valence-corrected chi connectivity index (χ0v) is 19.4. The molecule has 0 amide bonds. The number of hydrogen-bond acceptors (Lipinski definition) is 8. The fourth-order valence-electron chi connectivity index (χ4n) is 3.98. The molecule has 3 rings (SSSR count). The minimum absolute atomic E-state index is 0.0307. The van der Waals surface area contributed by atoms with Crippen molar-refractivity contribution in [3.63, 3.8) is 0 Å². The van der Waals surface area contributed by atoms with Gasteiger partial charge in [0.05, 0.1) is 18.8 Å². The van der Waals surface area contributed by atoms with Gasteiger partial charge in [0.1, 0.15) is 16.2 Å². The number of nitrogens with two attached hydrogens (primary N) is 1. The molecule has 0 saturated carbocycles. The number of rotatable bonds is 7. The summed E-state index contributed by atoms with van der Waals surface area (Å²) in [7, 11) is 0. The lowest BCUT2D eigenvalue weighted by Crippen LogP contribution is -2.59. The second-order valence-corrected chi connectivity index (χ2v) is 7.97. The second-order valence-electron chi connectivity index (χ2n) is 7.16. The molecule has 164 valence electrons. The van der Waals surface area contributed by atoms with Crippen molar-refractivity contribution in [1.82, 2.24) is 24.4 Å². The van der Waals surface area contributed by atoms with Gasteiger partial charge < -0.3 is 20.6 Å². The van der Waals surface area contributed by atoms with Crippen LogP contribution in [0, 0.1) is 5.41 Å². The fraction of sp³-hybridized carbons (Fsp3) is 0.381. The highest BCUT2D eigenvalue weighted by Gasteiger charge is 2.35. The van der Waals surface area contributed by atoms with E-state index in [1.165, 1.54) is 18.6 Å². The molecular weight excluding hydrogens is 458 g/mol. The molecule has 0 aromatic carbocycles. The van der Waals surface area contributed by atoms with Gasteiger partial charge in [0.2, 0.25) is 0 Å². The van der Waals surface area contributed by atoms with Crippen molar-refractivity contribution >= 4 is 28.0 Å². The molecule has 2 aromatic heterocycles. The smallest absolute Gasteiger partial charge is 0.151 e. The van der Waals surface area contributed by atoms with Gasteiger partial charge in [0.15, 0.2) is 5.49 Å². The highest BCUT2D eigenvalue weighted by molar-refractivity contribution is 9.10. The van der Waals surface area contributed by atoms with E-state index >= 15 is 0 Å². The Balaban J connectivity index is 1.91. The molecule has 10 heteroatoms. The normalized spacial score (nSPS) is 20.7. The highest BCUT2D eigenvalue weighted by Crippen LogP contribution is 2.26. The van der Waals surface area contributed by atoms with Crippen LogP contribution in [-0.2, 0) is 6.54 Å². The van der Waals surface area contributed by atoms with Gasteiger partial charge in [-0.15, -0.1) is 0 Å². The lowest BCUT2D eigenvalue weighted by atomic mass is 9.95. The Hall–Kier alpha value is -2.85. The van der Waals surface area contributed by atoms with Gasteiger partial charge in [-0.2, -0.15) is 0 Å². The first kappa shape index (κ1) is 22.8. The summed E-state index contributed by atoms with van der Waals surface area (Å²) in [6.07, 6.45) is 9.67. The Morgan fingerprint density at radius 1 is 1.42 bits per heavy atom. The fourth-order valence-corrected chi connectivity index (χ4v) is 4.33. The number of likely N-dealkylation sites (N-methyl/N-ethyl adjacent to an activating group) is 1. The molecule has 0 radical (unpaired) electrons. The molecule has 0 bridgehead atoms. The summed E-state index contributed by atoms with van der Waals surface area (Å²) in [6, 6.07) is 2.06. The van der Waals surface area contributed by atoms with E-state index in [9.17, 15) is 0 Å². The van der Waals surface area contributed by atoms with Gasteiger partial charge in [0.25, 0.3) is 0 Å². The Bertz CT molecular complexity index is 1030. The molecule has 3 N–H and O–H groups in total. The van der Waals surface area contributed by atoms with E-state index < -0.39 is 0 Å². The summed E-state index contributed by atoms with van der Waals surface area (Å²) in [5, 5.41) is 7.78. The summed E-state index contributed by atoms with van der Waals surface area (Å²) in [5.41, 5.74) is 7.30. The minimum atomic E-state index is 0.0307. The molecule has 2 atom stereocenters. The topological polar surface area (TPSA) is 112 Å². The van der Waals surface area contributed by atoms with Crippen LogP contribution in [-0.4, -0.2) is 62.4 Å². The summed E-state index contributed by atoms with van der Waals surface area (Å²) in [5.74, 6) is 1.53. The van der Waals surface area contributed by atoms with Crippen LogP contribution < -0.4 is 16.1 Å². The number of anilines is 1. The van der Waals surface area contributed by atoms with Gasteiger partial charge in [-0.05, 0) is 35.5 Å². The number of piperazine rings is 1. The number of aromatic nitrogens is 4. The molecular formula is C21H28BrN9. The van der Waals surface area contributed by atoms with Crippen molar-refractivity contribution < 1.29 is 0 Å². The van der Waals surface area contributed by atoms with Crippen LogP contribution in [0.3, 0.4) is 0 Å². The van der Waals surface area contributed by atoms with E-state index in [4.69, 9.17) is 16.1 Å². The maximum absolute atomic E-state index is 7.78. The predicted octanol–water partition coefficient (Wildman–Crippen LogP) is 1.92. The van der Waals surface area contributed by atoms with Crippen molar-refractivity contribution in [3.8, 4) is 0 Å². The summed E-state index contributed by atoms with van der Waals surface area (Å²) < 4.78 is 2.62. The second kappa shape index (κ2) is 10.5. The van der Waals surface area contributed by atoms with Crippen LogP contribution in [0.4, 0.5) is 5.82 Å². The first-order chi connectivity index (χ1) is 15.0. The Labute approximate surface area is 190 Å². The summed E-state index contributed by atoms with van der Waals surface area (Å²) in [4.78, 5) is 22.4. The van der Waals surface area contributed by atoms with Crippen LogP contribution in [0.2, 0.25) is 0 Å². The van der Waals surface area contributed by atoms with E-state index in [2.05, 4.69) is 61.1 Å². The molecule has 9 nitrogen and oxygen atoms in total. The van der Waals surface area contributed by atoms with Crippen LogP contribution in [0.5, 0.6) is 0 Å². The highest BCUT2D eigenvalue weighted by atomic mass is 79.9. The quantitative estimate of drug-likeness (QED) is 0.579. The van der Waals surface area contributed by atoms with Crippen LogP contribution in [0.1, 0.15) is 19.7 Å². The zero-order valence-electron chi connectivity index (χ0n) is 17.8. The van der Waals surface area contributed by atoms with Gasteiger partial charge >= 0.3 is 0 Å². The van der Waals surface area contributed by atoms with Gasteiger partial charge in [-0.3, -0.25) is 4.90 Å². The molecule has 2 aromatic rings. The molecule has 1 saturated heterocycles. The van der Waals surface area contributed by atoms with E-state index in [0.717, 1.165) is 31.0 Å². The maximum atomic E-state index is 7.78. The van der Waals surface area contributed by atoms with Crippen molar-refractivity contribution in [2.45, 2.75) is 32.5 Å². The maximum Gasteiger partial charge on any atom is 0.151 e. The van der Waals surface area contributed by atoms with Gasteiger partial charge in [-0.1, -0.05) is 13.5 Å². The SMILES string of the molecule is C=C/N=c1/cnc(Br)cn1Cc1nccc(N2CCN(CC)C(/C(C=N)=C/N)C2C)n1. The van der Waals surface area contributed by atoms with Crippen LogP contribution >= 0.6 is 15.9 Å². The lowest BCUT2D eigenvalue weighted by molar-refractivity contribution is 0.182. The first-order valence-corrected chi connectivity index (χ1v) is 10.9. The summed E-state index contributed by atoms with van der Waals surface area (Å²) in [6.45, 7) is 11.0. The molecule has 0 spiro atoms. The average molecular weight is 486 g/mol.